The van der Waals surface area contributed by atoms with Crippen LogP contribution in [0.2, 0.25) is 0 Å². The molecule has 0 aliphatic carbocycles. The topological polar surface area (TPSA) is 85.2 Å². The number of hydrogen-bond donors (Lipinski definition) is 1. The number of aromatic nitrogens is 4. The van der Waals surface area contributed by atoms with Gasteiger partial charge in [0, 0.05) is 37.3 Å². The van der Waals surface area contributed by atoms with Gasteiger partial charge >= 0.3 is 0 Å². The lowest BCUT2D eigenvalue weighted by atomic mass is 10.1. The fraction of sp³-hybridized carbons (Fsp3) is 0.333. The molecule has 0 radical (unpaired) electrons. The molecule has 29 heavy (non-hydrogen) atoms. The first kappa shape index (κ1) is 19.1. The van der Waals surface area contributed by atoms with Crippen molar-refractivity contribution in [1.82, 2.24) is 19.7 Å². The molecule has 8 nitrogen and oxygen atoms in total. The number of anilines is 2. The zero-order valence-electron chi connectivity index (χ0n) is 16.4. The zero-order valence-corrected chi connectivity index (χ0v) is 16.4. The SMILES string of the molecule is Cc1ccc(-c2ccc(=O)n(CCNc3cc(N4CCOCC4)ncn3)n2)cc1. The van der Waals surface area contributed by atoms with Gasteiger partial charge in [-0.1, -0.05) is 29.8 Å². The van der Waals surface area contributed by atoms with Crippen LogP contribution in [0.5, 0.6) is 0 Å². The van der Waals surface area contributed by atoms with Crippen molar-refractivity contribution >= 4 is 11.6 Å². The van der Waals surface area contributed by atoms with Crippen LogP contribution in [0.3, 0.4) is 0 Å². The quantitative estimate of drug-likeness (QED) is 0.686. The maximum Gasteiger partial charge on any atom is 0.266 e. The smallest absolute Gasteiger partial charge is 0.266 e. The standard InChI is InChI=1S/C21H24N6O2/c1-16-2-4-17(5-3-16)18-6-7-21(28)27(25-18)9-8-22-19-14-20(24-15-23-19)26-10-12-29-13-11-26/h2-7,14-15H,8-13H2,1H3,(H,22,23,24). The molecule has 0 atom stereocenters. The second-order valence-electron chi connectivity index (χ2n) is 6.93. The molecule has 3 heterocycles. The molecule has 1 fully saturated rings. The molecule has 1 N–H and O–H groups in total. The van der Waals surface area contributed by atoms with Crippen molar-refractivity contribution in [2.75, 3.05) is 43.1 Å². The lowest BCUT2D eigenvalue weighted by Gasteiger charge is -2.27. The van der Waals surface area contributed by atoms with Gasteiger partial charge in [-0.05, 0) is 13.0 Å². The Kier molecular flexibility index (Phi) is 5.81. The summed E-state index contributed by atoms with van der Waals surface area (Å²) in [7, 11) is 0. The van der Waals surface area contributed by atoms with Gasteiger partial charge in [-0.25, -0.2) is 14.6 Å². The summed E-state index contributed by atoms with van der Waals surface area (Å²) in [5.41, 5.74) is 2.83. The Morgan fingerprint density at radius 2 is 1.86 bits per heavy atom. The molecule has 0 bridgehead atoms. The monoisotopic (exact) mass is 392 g/mol. The number of rotatable bonds is 6. The maximum atomic E-state index is 12.2. The van der Waals surface area contributed by atoms with Gasteiger partial charge in [-0.15, -0.1) is 0 Å². The number of nitrogens with one attached hydrogen (secondary N) is 1. The summed E-state index contributed by atoms with van der Waals surface area (Å²) in [5, 5.41) is 7.76. The average Bonchev–Trinajstić information content (AvgIpc) is 2.76. The minimum Gasteiger partial charge on any atom is -0.378 e. The van der Waals surface area contributed by atoms with Crippen molar-refractivity contribution in [3.63, 3.8) is 0 Å². The zero-order chi connectivity index (χ0) is 20.1. The van der Waals surface area contributed by atoms with Gasteiger partial charge in [0.25, 0.3) is 5.56 Å². The first-order chi connectivity index (χ1) is 14.2. The number of benzene rings is 1. The van der Waals surface area contributed by atoms with E-state index in [9.17, 15) is 4.79 Å². The van der Waals surface area contributed by atoms with Gasteiger partial charge in [0.2, 0.25) is 0 Å². The highest BCUT2D eigenvalue weighted by Crippen LogP contribution is 2.16. The van der Waals surface area contributed by atoms with Crippen molar-refractivity contribution < 1.29 is 4.74 Å². The van der Waals surface area contributed by atoms with E-state index in [4.69, 9.17) is 4.74 Å². The second kappa shape index (κ2) is 8.83. The van der Waals surface area contributed by atoms with Crippen LogP contribution in [0.15, 0.2) is 53.6 Å². The van der Waals surface area contributed by atoms with Crippen LogP contribution >= 0.6 is 0 Å². The summed E-state index contributed by atoms with van der Waals surface area (Å²) < 4.78 is 6.86. The third-order valence-electron chi connectivity index (χ3n) is 4.83. The molecule has 1 aromatic carbocycles. The van der Waals surface area contributed by atoms with Gasteiger partial charge in [0.05, 0.1) is 25.5 Å². The van der Waals surface area contributed by atoms with Crippen LogP contribution < -0.4 is 15.8 Å². The highest BCUT2D eigenvalue weighted by Gasteiger charge is 2.13. The van der Waals surface area contributed by atoms with Gasteiger partial charge in [0.1, 0.15) is 18.0 Å². The summed E-state index contributed by atoms with van der Waals surface area (Å²) in [6, 6.07) is 13.3. The summed E-state index contributed by atoms with van der Waals surface area (Å²) in [4.78, 5) is 23.0. The van der Waals surface area contributed by atoms with Crippen LogP contribution in [-0.4, -0.2) is 52.6 Å². The van der Waals surface area contributed by atoms with E-state index in [1.54, 1.807) is 18.5 Å². The average molecular weight is 392 g/mol. The van der Waals surface area contributed by atoms with E-state index in [0.29, 0.717) is 26.3 Å². The first-order valence-electron chi connectivity index (χ1n) is 9.73. The largest absolute Gasteiger partial charge is 0.378 e. The highest BCUT2D eigenvalue weighted by molar-refractivity contribution is 5.58. The maximum absolute atomic E-state index is 12.2. The second-order valence-corrected chi connectivity index (χ2v) is 6.93. The van der Waals surface area contributed by atoms with Crippen molar-refractivity contribution in [1.29, 1.82) is 0 Å². The third-order valence-corrected chi connectivity index (χ3v) is 4.83. The molecule has 3 aromatic rings. The number of morpholine rings is 1. The molecule has 1 aliphatic rings. The van der Waals surface area contributed by atoms with E-state index in [-0.39, 0.29) is 5.56 Å². The van der Waals surface area contributed by atoms with Crippen molar-refractivity contribution in [2.24, 2.45) is 0 Å². The Labute approximate surface area is 169 Å². The summed E-state index contributed by atoms with van der Waals surface area (Å²) in [5.74, 6) is 1.60. The van der Waals surface area contributed by atoms with Crippen molar-refractivity contribution in [2.45, 2.75) is 13.5 Å². The predicted molar refractivity (Wildman–Crippen MR) is 112 cm³/mol. The van der Waals surface area contributed by atoms with E-state index in [1.165, 1.54) is 10.2 Å². The van der Waals surface area contributed by atoms with Gasteiger partial charge < -0.3 is 15.0 Å². The number of nitrogens with zero attached hydrogens (tertiary/aromatic N) is 5. The Morgan fingerprint density at radius 1 is 1.07 bits per heavy atom. The fourth-order valence-electron chi connectivity index (χ4n) is 3.19. The van der Waals surface area contributed by atoms with Crippen LogP contribution in [0.1, 0.15) is 5.56 Å². The lowest BCUT2D eigenvalue weighted by molar-refractivity contribution is 0.122. The van der Waals surface area contributed by atoms with Crippen LogP contribution in [0.4, 0.5) is 11.6 Å². The molecular formula is C21H24N6O2. The molecule has 2 aromatic heterocycles. The van der Waals surface area contributed by atoms with Crippen LogP contribution in [-0.2, 0) is 11.3 Å². The molecule has 4 rings (SSSR count). The van der Waals surface area contributed by atoms with Crippen LogP contribution in [0, 0.1) is 6.92 Å². The highest BCUT2D eigenvalue weighted by atomic mass is 16.5. The summed E-state index contributed by atoms with van der Waals surface area (Å²) in [6.45, 7) is 6.07. The van der Waals surface area contributed by atoms with E-state index in [0.717, 1.165) is 36.0 Å². The van der Waals surface area contributed by atoms with Gasteiger partial charge in [-0.3, -0.25) is 4.79 Å². The van der Waals surface area contributed by atoms with Gasteiger partial charge in [0.15, 0.2) is 0 Å². The Hall–Kier alpha value is -3.26. The minimum absolute atomic E-state index is 0.126. The van der Waals surface area contributed by atoms with E-state index in [2.05, 4.69) is 25.3 Å². The number of aryl methyl sites for hydroxylation is 1. The molecule has 150 valence electrons. The van der Waals surface area contributed by atoms with E-state index >= 15 is 0 Å². The normalized spacial score (nSPS) is 14.0. The van der Waals surface area contributed by atoms with Crippen molar-refractivity contribution in [3.05, 3.63) is 64.7 Å². The Bertz CT molecular complexity index is 1010. The first-order valence-corrected chi connectivity index (χ1v) is 9.73. The molecule has 8 heteroatoms. The Balaban J connectivity index is 1.41. The molecule has 0 amide bonds. The molecule has 1 aliphatic heterocycles. The molecule has 0 saturated carbocycles. The van der Waals surface area contributed by atoms with Crippen LogP contribution in [0.25, 0.3) is 11.3 Å². The number of hydrogen-bond acceptors (Lipinski definition) is 7. The van der Waals surface area contributed by atoms with Crippen molar-refractivity contribution in [3.8, 4) is 11.3 Å². The molecule has 0 spiro atoms. The third kappa shape index (κ3) is 4.78. The molecule has 1 saturated heterocycles. The summed E-state index contributed by atoms with van der Waals surface area (Å²) >= 11 is 0. The number of ether oxygens (including phenoxy) is 1. The lowest BCUT2D eigenvalue weighted by Crippen LogP contribution is -2.36. The van der Waals surface area contributed by atoms with Gasteiger partial charge in [-0.2, -0.15) is 5.10 Å². The molecule has 0 unspecified atom stereocenters. The summed E-state index contributed by atoms with van der Waals surface area (Å²) in [6.07, 6.45) is 1.55. The van der Waals surface area contributed by atoms with E-state index < -0.39 is 0 Å². The molecular weight excluding hydrogens is 368 g/mol. The fourth-order valence-corrected chi connectivity index (χ4v) is 3.19. The minimum atomic E-state index is -0.126. The van der Waals surface area contributed by atoms with E-state index in [1.807, 2.05) is 37.3 Å². The predicted octanol–water partition coefficient (Wildman–Crippen LogP) is 1.96. The Morgan fingerprint density at radius 3 is 2.66 bits per heavy atom.